The predicted molar refractivity (Wildman–Crippen MR) is 76.2 cm³/mol. The van der Waals surface area contributed by atoms with Gasteiger partial charge in [0.1, 0.15) is 10.7 Å². The van der Waals surface area contributed by atoms with Gasteiger partial charge in [-0.25, -0.2) is 17.9 Å². The Hall–Kier alpha value is -1.22. The topological polar surface area (TPSA) is 98.5 Å². The second kappa shape index (κ2) is 7.17. The molecule has 0 atom stereocenters. The number of carbonyl (C=O) groups is 1. The van der Waals surface area contributed by atoms with Crippen molar-refractivity contribution in [2.45, 2.75) is 24.8 Å². The molecule has 9 heteroatoms. The molecule has 6 nitrogen and oxygen atoms in total. The van der Waals surface area contributed by atoms with Gasteiger partial charge in [-0.1, -0.05) is 11.6 Å². The van der Waals surface area contributed by atoms with E-state index in [0.717, 1.165) is 12.1 Å². The Morgan fingerprint density at radius 3 is 2.62 bits per heavy atom. The first-order valence-electron chi connectivity index (χ1n) is 6.04. The Kier molecular flexibility index (Phi) is 6.09. The van der Waals surface area contributed by atoms with Crippen LogP contribution in [-0.2, 0) is 14.8 Å². The molecule has 0 spiro atoms. The number of halogens is 2. The highest BCUT2D eigenvalue weighted by molar-refractivity contribution is 7.89. The third-order valence-electron chi connectivity index (χ3n) is 2.41. The Balaban J connectivity index is 2.90. The van der Waals surface area contributed by atoms with E-state index in [1.54, 1.807) is 0 Å². The van der Waals surface area contributed by atoms with Crippen LogP contribution >= 0.6 is 11.6 Å². The molecule has 1 rings (SSSR count). The average Bonchev–Trinajstić information content (AvgIpc) is 2.32. The maximum Gasteiger partial charge on any atom is 0.252 e. The highest BCUT2D eigenvalue weighted by Gasteiger charge is 2.20. The molecule has 0 aromatic heterocycles. The fourth-order valence-corrected chi connectivity index (χ4v) is 2.32. The number of hydrogen-bond donors (Lipinski definition) is 2. The molecule has 0 saturated carbocycles. The smallest absolute Gasteiger partial charge is 0.252 e. The molecule has 3 N–H and O–H groups in total. The summed E-state index contributed by atoms with van der Waals surface area (Å²) < 4.78 is 41.2. The number of primary sulfonamides is 1. The summed E-state index contributed by atoms with van der Waals surface area (Å²) >= 11 is 5.74. The minimum atomic E-state index is -4.28. The molecule has 118 valence electrons. The summed E-state index contributed by atoms with van der Waals surface area (Å²) in [5.74, 6) is -1.75. The van der Waals surface area contributed by atoms with Gasteiger partial charge in [0.05, 0.1) is 23.3 Å². The van der Waals surface area contributed by atoms with E-state index in [1.807, 2.05) is 13.8 Å². The second-order valence-electron chi connectivity index (χ2n) is 4.48. The lowest BCUT2D eigenvalue weighted by molar-refractivity contribution is 0.0746. The predicted octanol–water partition coefficient (Wildman–Crippen LogP) is 1.28. The maximum atomic E-state index is 13.5. The van der Waals surface area contributed by atoms with Gasteiger partial charge in [-0.2, -0.15) is 0 Å². The molecule has 0 bridgehead atoms. The van der Waals surface area contributed by atoms with Crippen LogP contribution in [0.2, 0.25) is 5.02 Å². The van der Waals surface area contributed by atoms with E-state index in [-0.39, 0.29) is 29.8 Å². The number of rotatable bonds is 6. The lowest BCUT2D eigenvalue weighted by atomic mass is 10.2. The lowest BCUT2D eigenvalue weighted by Crippen LogP contribution is -2.28. The number of amides is 1. The van der Waals surface area contributed by atoms with Gasteiger partial charge in [0.2, 0.25) is 10.0 Å². The quantitative estimate of drug-likeness (QED) is 0.763. The molecule has 1 amide bonds. The summed E-state index contributed by atoms with van der Waals surface area (Å²) in [6.07, 6.45) is 0.0188. The van der Waals surface area contributed by atoms with Crippen LogP contribution in [0.25, 0.3) is 0 Å². The number of carbonyl (C=O) groups excluding carboxylic acids is 1. The first-order chi connectivity index (χ1) is 9.62. The van der Waals surface area contributed by atoms with Crippen molar-refractivity contribution in [2.75, 3.05) is 13.2 Å². The zero-order chi connectivity index (χ0) is 16.2. The van der Waals surface area contributed by atoms with E-state index in [1.165, 1.54) is 0 Å². The molecular weight excluding hydrogens is 323 g/mol. The van der Waals surface area contributed by atoms with Crippen molar-refractivity contribution in [2.24, 2.45) is 5.14 Å². The summed E-state index contributed by atoms with van der Waals surface area (Å²) in [5, 5.41) is 7.15. The molecule has 0 aliphatic carbocycles. The average molecular weight is 339 g/mol. The summed E-state index contributed by atoms with van der Waals surface area (Å²) in [6, 6.07) is 1.55. The fourth-order valence-electron chi connectivity index (χ4n) is 1.48. The van der Waals surface area contributed by atoms with Crippen molar-refractivity contribution in [3.8, 4) is 0 Å². The third-order valence-corrected chi connectivity index (χ3v) is 3.65. The van der Waals surface area contributed by atoms with Crippen LogP contribution in [0.5, 0.6) is 0 Å². The molecule has 0 unspecified atom stereocenters. The Morgan fingerprint density at radius 1 is 1.48 bits per heavy atom. The number of nitrogens with two attached hydrogens (primary N) is 1. The SMILES string of the molecule is CC(C)OCCNC(=O)c1cc(S(N)(=O)=O)c(F)cc1Cl. The van der Waals surface area contributed by atoms with Crippen molar-refractivity contribution in [3.05, 3.63) is 28.5 Å². The molecule has 0 heterocycles. The summed E-state index contributed by atoms with van der Waals surface area (Å²) in [4.78, 5) is 11.1. The monoisotopic (exact) mass is 338 g/mol. The summed E-state index contributed by atoms with van der Waals surface area (Å²) in [5.41, 5.74) is -0.174. The lowest BCUT2D eigenvalue weighted by Gasteiger charge is -2.10. The van der Waals surface area contributed by atoms with Gasteiger partial charge in [-0.15, -0.1) is 0 Å². The zero-order valence-electron chi connectivity index (χ0n) is 11.5. The molecule has 0 fully saturated rings. The van der Waals surface area contributed by atoms with Crippen molar-refractivity contribution in [1.29, 1.82) is 0 Å². The Labute approximate surface area is 127 Å². The number of sulfonamides is 1. The van der Waals surface area contributed by atoms with Crippen molar-refractivity contribution in [3.63, 3.8) is 0 Å². The van der Waals surface area contributed by atoms with Crippen LogP contribution in [0.4, 0.5) is 4.39 Å². The molecule has 0 saturated heterocycles. The standard InChI is InChI=1S/C12H16ClFN2O4S/c1-7(2)20-4-3-16-12(17)8-5-11(21(15,18)19)10(14)6-9(8)13/h5-7H,3-4H2,1-2H3,(H,16,17)(H2,15,18,19). The van der Waals surface area contributed by atoms with Crippen molar-refractivity contribution < 1.29 is 22.3 Å². The zero-order valence-corrected chi connectivity index (χ0v) is 13.1. The molecule has 0 aliphatic heterocycles. The van der Waals surface area contributed by atoms with Crippen LogP contribution < -0.4 is 10.5 Å². The van der Waals surface area contributed by atoms with Crippen LogP contribution in [0.3, 0.4) is 0 Å². The third kappa shape index (κ3) is 5.24. The molecular formula is C12H16ClFN2O4S. The largest absolute Gasteiger partial charge is 0.377 e. The van der Waals surface area contributed by atoms with E-state index >= 15 is 0 Å². The molecule has 21 heavy (non-hydrogen) atoms. The van der Waals surface area contributed by atoms with E-state index in [2.05, 4.69) is 5.32 Å². The van der Waals surface area contributed by atoms with Gasteiger partial charge < -0.3 is 10.1 Å². The van der Waals surface area contributed by atoms with Crippen molar-refractivity contribution >= 4 is 27.5 Å². The maximum absolute atomic E-state index is 13.5. The highest BCUT2D eigenvalue weighted by atomic mass is 35.5. The summed E-state index contributed by atoms with van der Waals surface area (Å²) in [7, 11) is -4.28. The van der Waals surface area contributed by atoms with Crippen LogP contribution in [0.1, 0.15) is 24.2 Å². The van der Waals surface area contributed by atoms with Gasteiger partial charge in [-0.3, -0.25) is 4.79 Å². The van der Waals surface area contributed by atoms with E-state index in [9.17, 15) is 17.6 Å². The number of hydrogen-bond acceptors (Lipinski definition) is 4. The molecule has 0 radical (unpaired) electrons. The van der Waals surface area contributed by atoms with E-state index < -0.39 is 26.6 Å². The number of ether oxygens (including phenoxy) is 1. The first-order valence-corrected chi connectivity index (χ1v) is 7.97. The minimum Gasteiger partial charge on any atom is -0.377 e. The minimum absolute atomic E-state index is 0.0188. The van der Waals surface area contributed by atoms with Gasteiger partial charge >= 0.3 is 0 Å². The normalized spacial score (nSPS) is 11.7. The molecule has 1 aromatic carbocycles. The number of benzene rings is 1. The molecule has 1 aromatic rings. The van der Waals surface area contributed by atoms with Gasteiger partial charge in [-0.05, 0) is 26.0 Å². The van der Waals surface area contributed by atoms with E-state index in [0.29, 0.717) is 0 Å². The number of nitrogens with one attached hydrogen (secondary N) is 1. The first kappa shape index (κ1) is 17.8. The Morgan fingerprint density at radius 2 is 2.10 bits per heavy atom. The Bertz CT molecular complexity index is 634. The van der Waals surface area contributed by atoms with Crippen LogP contribution in [0, 0.1) is 5.82 Å². The van der Waals surface area contributed by atoms with Gasteiger partial charge in [0.15, 0.2) is 0 Å². The van der Waals surface area contributed by atoms with Gasteiger partial charge in [0.25, 0.3) is 5.91 Å². The highest BCUT2D eigenvalue weighted by Crippen LogP contribution is 2.23. The summed E-state index contributed by atoms with van der Waals surface area (Å²) in [6.45, 7) is 4.17. The fraction of sp³-hybridized carbons (Fsp3) is 0.417. The van der Waals surface area contributed by atoms with Crippen LogP contribution in [-0.4, -0.2) is 33.6 Å². The van der Waals surface area contributed by atoms with Crippen LogP contribution in [0.15, 0.2) is 17.0 Å². The molecule has 0 aliphatic rings. The van der Waals surface area contributed by atoms with Gasteiger partial charge in [0, 0.05) is 6.54 Å². The second-order valence-corrected chi connectivity index (χ2v) is 6.42. The van der Waals surface area contributed by atoms with Crippen molar-refractivity contribution in [1.82, 2.24) is 5.32 Å². The van der Waals surface area contributed by atoms with E-state index in [4.69, 9.17) is 21.5 Å².